The second kappa shape index (κ2) is 9.92. The van der Waals surface area contributed by atoms with Crippen LogP contribution in [0, 0.1) is 20.8 Å². The van der Waals surface area contributed by atoms with Crippen molar-refractivity contribution in [2.75, 3.05) is 38.8 Å². The quantitative estimate of drug-likeness (QED) is 0.483. The molecular weight excluding hydrogens is 468 g/mol. The lowest BCUT2D eigenvalue weighted by Gasteiger charge is -2.31. The number of anilines is 2. The number of aryl methyl sites for hydroxylation is 4. The third kappa shape index (κ3) is 4.56. The molecule has 3 heterocycles. The van der Waals surface area contributed by atoms with Gasteiger partial charge in [0.1, 0.15) is 5.82 Å². The summed E-state index contributed by atoms with van der Waals surface area (Å²) in [6, 6.07) is 10.2. The van der Waals surface area contributed by atoms with Crippen molar-refractivity contribution in [2.45, 2.75) is 46.6 Å². The molecule has 0 aliphatic carbocycles. The molecule has 2 aliphatic rings. The van der Waals surface area contributed by atoms with Crippen LogP contribution < -0.4 is 20.1 Å². The zero-order valence-corrected chi connectivity index (χ0v) is 22.3. The Morgan fingerprint density at radius 3 is 2.27 bits per heavy atom. The summed E-state index contributed by atoms with van der Waals surface area (Å²) in [4.78, 5) is 34.3. The first-order valence-electron chi connectivity index (χ1n) is 12.8. The number of carbonyl (C=O) groups is 1. The van der Waals surface area contributed by atoms with Gasteiger partial charge in [0.25, 0.3) is 0 Å². The van der Waals surface area contributed by atoms with Gasteiger partial charge < -0.3 is 19.3 Å². The van der Waals surface area contributed by atoms with Crippen LogP contribution in [0.2, 0.25) is 0 Å². The molecule has 3 aromatic rings. The van der Waals surface area contributed by atoms with Crippen molar-refractivity contribution in [3.8, 4) is 22.8 Å². The number of benzene rings is 2. The van der Waals surface area contributed by atoms with Crippen LogP contribution >= 0.6 is 0 Å². The third-order valence-electron chi connectivity index (χ3n) is 7.43. The van der Waals surface area contributed by atoms with E-state index in [-0.39, 0.29) is 11.6 Å². The maximum Gasteiger partial charge on any atom is 0.350 e. The highest BCUT2D eigenvalue weighted by atomic mass is 16.5. The van der Waals surface area contributed by atoms with Gasteiger partial charge in [-0.2, -0.15) is 4.98 Å². The summed E-state index contributed by atoms with van der Waals surface area (Å²) in [5, 5.41) is 0. The Labute approximate surface area is 217 Å². The molecule has 1 fully saturated rings. The first kappa shape index (κ1) is 24.9. The number of amides is 1. The predicted octanol–water partition coefficient (Wildman–Crippen LogP) is 4.17. The van der Waals surface area contributed by atoms with E-state index in [4.69, 9.17) is 9.47 Å². The molecule has 1 aromatic heterocycles. The summed E-state index contributed by atoms with van der Waals surface area (Å²) < 4.78 is 12.8. The van der Waals surface area contributed by atoms with E-state index in [0.717, 1.165) is 46.6 Å². The van der Waals surface area contributed by atoms with E-state index in [9.17, 15) is 9.59 Å². The van der Waals surface area contributed by atoms with Crippen LogP contribution in [0.3, 0.4) is 0 Å². The highest BCUT2D eigenvalue weighted by molar-refractivity contribution is 5.78. The monoisotopic (exact) mass is 502 g/mol. The van der Waals surface area contributed by atoms with Crippen molar-refractivity contribution in [2.24, 2.45) is 0 Å². The number of aromatic nitrogens is 2. The molecule has 1 amide bonds. The average Bonchev–Trinajstić information content (AvgIpc) is 3.28. The van der Waals surface area contributed by atoms with Crippen molar-refractivity contribution >= 4 is 17.4 Å². The minimum atomic E-state index is -0.280. The number of hydrogen-bond donors (Lipinski definition) is 0. The molecule has 2 aliphatic heterocycles. The maximum absolute atomic E-state index is 13.3. The van der Waals surface area contributed by atoms with Gasteiger partial charge in [-0.3, -0.25) is 9.36 Å². The van der Waals surface area contributed by atoms with E-state index in [2.05, 4.69) is 42.8 Å². The summed E-state index contributed by atoms with van der Waals surface area (Å²) in [7, 11) is 3.24. The molecule has 0 saturated carbocycles. The van der Waals surface area contributed by atoms with Crippen molar-refractivity contribution < 1.29 is 14.3 Å². The smallest absolute Gasteiger partial charge is 0.350 e. The van der Waals surface area contributed by atoms with Crippen molar-refractivity contribution in [3.63, 3.8) is 0 Å². The molecule has 8 heteroatoms. The Morgan fingerprint density at radius 2 is 1.62 bits per heavy atom. The molecule has 0 bridgehead atoms. The molecule has 5 rings (SSSR count). The van der Waals surface area contributed by atoms with Crippen LogP contribution in [0.1, 0.15) is 35.1 Å². The Kier molecular flexibility index (Phi) is 6.67. The Morgan fingerprint density at radius 1 is 0.919 bits per heavy atom. The molecule has 0 spiro atoms. The summed E-state index contributed by atoms with van der Waals surface area (Å²) >= 11 is 0. The topological polar surface area (TPSA) is 76.9 Å². The second-order valence-corrected chi connectivity index (χ2v) is 9.93. The fraction of sp³-hybridized carbons (Fsp3) is 0.414. The molecule has 0 N–H and O–H groups in total. The predicted molar refractivity (Wildman–Crippen MR) is 144 cm³/mol. The molecule has 1 saturated heterocycles. The van der Waals surface area contributed by atoms with Crippen molar-refractivity contribution in [1.82, 2.24) is 14.5 Å². The Balaban J connectivity index is 1.64. The van der Waals surface area contributed by atoms with Crippen molar-refractivity contribution in [1.29, 1.82) is 0 Å². The number of ether oxygens (including phenoxy) is 2. The highest BCUT2D eigenvalue weighted by Gasteiger charge is 2.26. The fourth-order valence-corrected chi connectivity index (χ4v) is 5.77. The number of hydrogen-bond acceptors (Lipinski definition) is 6. The van der Waals surface area contributed by atoms with Crippen LogP contribution in [0.4, 0.5) is 11.5 Å². The summed E-state index contributed by atoms with van der Waals surface area (Å²) in [6.45, 7) is 8.70. The lowest BCUT2D eigenvalue weighted by Crippen LogP contribution is -2.36. The maximum atomic E-state index is 13.3. The van der Waals surface area contributed by atoms with E-state index in [1.807, 2.05) is 23.1 Å². The van der Waals surface area contributed by atoms with Crippen LogP contribution in [-0.4, -0.2) is 54.2 Å². The number of methoxy groups -OCH3 is 2. The van der Waals surface area contributed by atoms with Gasteiger partial charge in [-0.1, -0.05) is 17.7 Å². The van der Waals surface area contributed by atoms with Crippen molar-refractivity contribution in [3.05, 3.63) is 63.1 Å². The van der Waals surface area contributed by atoms with Crippen LogP contribution in [0.15, 0.2) is 35.1 Å². The van der Waals surface area contributed by atoms with Crippen LogP contribution in [0.5, 0.6) is 11.5 Å². The van der Waals surface area contributed by atoms with E-state index < -0.39 is 0 Å². The summed E-state index contributed by atoms with van der Waals surface area (Å²) in [6.07, 6.45) is 2.20. The molecule has 0 radical (unpaired) electrons. The molecular formula is C29H34N4O4. The van der Waals surface area contributed by atoms with Gasteiger partial charge in [0.2, 0.25) is 5.91 Å². The zero-order chi connectivity index (χ0) is 26.3. The molecule has 8 nitrogen and oxygen atoms in total. The standard InChI is InChI=1S/C29H34N4O4/c1-18-13-19(2)28(20(3)14-18)33(12-11-31-9-6-7-27(31)34)26-17-23-22-16-25(37-5)24(36-4)15-21(22)8-10-32(23)29(35)30-26/h13-17H,6-12H2,1-5H3. The number of fused-ring (bicyclic) bond motifs is 3. The highest BCUT2D eigenvalue weighted by Crippen LogP contribution is 2.39. The van der Waals surface area contributed by atoms with Crippen LogP contribution in [0.25, 0.3) is 11.3 Å². The van der Waals surface area contributed by atoms with Gasteiger partial charge in [-0.15, -0.1) is 0 Å². The van der Waals surface area contributed by atoms with Gasteiger partial charge in [0.15, 0.2) is 11.5 Å². The van der Waals surface area contributed by atoms with Gasteiger partial charge in [-0.25, -0.2) is 4.79 Å². The van der Waals surface area contributed by atoms with Gasteiger partial charge in [-0.05, 0) is 62.4 Å². The molecule has 2 aromatic carbocycles. The fourth-order valence-electron chi connectivity index (χ4n) is 5.77. The Bertz CT molecular complexity index is 1410. The number of nitrogens with zero attached hydrogens (tertiary/aromatic N) is 4. The van der Waals surface area contributed by atoms with Gasteiger partial charge >= 0.3 is 5.69 Å². The van der Waals surface area contributed by atoms with E-state index in [0.29, 0.717) is 49.8 Å². The molecule has 37 heavy (non-hydrogen) atoms. The average molecular weight is 503 g/mol. The molecule has 194 valence electrons. The van der Waals surface area contributed by atoms with E-state index in [1.54, 1.807) is 18.8 Å². The Hall–Kier alpha value is -3.81. The molecule has 0 unspecified atom stereocenters. The van der Waals surface area contributed by atoms with Crippen LogP contribution in [-0.2, 0) is 17.8 Å². The lowest BCUT2D eigenvalue weighted by atomic mass is 9.96. The number of carbonyl (C=O) groups excluding carboxylic acids is 1. The summed E-state index contributed by atoms with van der Waals surface area (Å²) in [5.74, 6) is 2.07. The lowest BCUT2D eigenvalue weighted by molar-refractivity contribution is -0.127. The zero-order valence-electron chi connectivity index (χ0n) is 22.3. The minimum Gasteiger partial charge on any atom is -0.493 e. The first-order valence-corrected chi connectivity index (χ1v) is 12.8. The minimum absolute atomic E-state index is 0.186. The normalized spacial score (nSPS) is 14.4. The number of rotatable bonds is 7. The van der Waals surface area contributed by atoms with Gasteiger partial charge in [0.05, 0.1) is 19.9 Å². The SMILES string of the molecule is COc1cc2c(cc1OC)-c1cc(N(CCN3CCCC3=O)c3c(C)cc(C)cc3C)nc(=O)n1CC2. The van der Waals surface area contributed by atoms with E-state index in [1.165, 1.54) is 5.56 Å². The number of likely N-dealkylation sites (tertiary alicyclic amines) is 1. The van der Waals surface area contributed by atoms with E-state index >= 15 is 0 Å². The third-order valence-corrected chi connectivity index (χ3v) is 7.43. The first-order chi connectivity index (χ1) is 17.8. The summed E-state index contributed by atoms with van der Waals surface area (Å²) in [5.41, 5.74) is 7.00. The molecule has 0 atom stereocenters. The van der Waals surface area contributed by atoms with Gasteiger partial charge in [0, 0.05) is 49.9 Å². The second-order valence-electron chi connectivity index (χ2n) is 9.93. The largest absolute Gasteiger partial charge is 0.493 e.